The minimum Gasteiger partial charge on any atom is -0.357 e. The van der Waals surface area contributed by atoms with Crippen LogP contribution in [0.4, 0.5) is 0 Å². The van der Waals surface area contributed by atoms with Gasteiger partial charge in [0.15, 0.2) is 0 Å². The monoisotopic (exact) mass is 538 g/mol. The highest BCUT2D eigenvalue weighted by Gasteiger charge is 2.41. The molecule has 1 aromatic heterocycles. The topological polar surface area (TPSA) is 199 Å². The number of nitrogens with one attached hydrogen (secondary N) is 5. The van der Waals surface area contributed by atoms with Crippen molar-refractivity contribution in [3.8, 4) is 0 Å². The van der Waals surface area contributed by atoms with Gasteiger partial charge >= 0.3 is 0 Å². The first kappa shape index (κ1) is 29.9. The van der Waals surface area contributed by atoms with Crippen LogP contribution in [0.1, 0.15) is 41.0 Å². The lowest BCUT2D eigenvalue weighted by Crippen LogP contribution is -2.59. The van der Waals surface area contributed by atoms with Crippen LogP contribution >= 0.6 is 0 Å². The van der Waals surface area contributed by atoms with E-state index in [1.165, 1.54) is 30.7 Å². The minimum atomic E-state index is -4.55. The van der Waals surface area contributed by atoms with Crippen LogP contribution in [0, 0.1) is 17.3 Å². The number of H-pyrrole nitrogens is 1. The van der Waals surface area contributed by atoms with Crippen LogP contribution in [0.5, 0.6) is 0 Å². The van der Waals surface area contributed by atoms with Crippen molar-refractivity contribution >= 4 is 38.6 Å². The quantitative estimate of drug-likeness (QED) is 0.179. The van der Waals surface area contributed by atoms with Crippen LogP contribution in [0.25, 0.3) is 10.9 Å². The molecule has 1 aromatic carbocycles. The third-order valence-electron chi connectivity index (χ3n) is 5.72. The number of rotatable bonds is 10. The standard InChI is InChI=1S/C23H34N6O7S/c1-12(2)10-14(20(31)27-18(22(33)24-6)23(3,4)5)17(21(32)28-34)29-37(35,36)15-9-7-8-13-16(15)25-11-26-19(13)30/h7-9,11-12,14,17-18,29,34H,10H2,1-6H3,(H,24,33)(H,27,31)(H,28,32)(H,25,26,30)/t14?,17-,18+/m1/s1. The molecule has 3 atom stereocenters. The number of hydrogen-bond acceptors (Lipinski definition) is 8. The van der Waals surface area contributed by atoms with E-state index in [9.17, 15) is 32.8 Å². The lowest BCUT2D eigenvalue weighted by molar-refractivity contribution is -0.139. The number of nitrogens with zero attached hydrogens (tertiary/aromatic N) is 1. The van der Waals surface area contributed by atoms with Crippen LogP contribution in [0.2, 0.25) is 0 Å². The summed E-state index contributed by atoms with van der Waals surface area (Å²) in [5.41, 5.74) is -0.00190. The van der Waals surface area contributed by atoms with E-state index in [0.717, 1.165) is 6.33 Å². The average molecular weight is 539 g/mol. The third-order valence-corrected chi connectivity index (χ3v) is 7.20. The van der Waals surface area contributed by atoms with Crippen molar-refractivity contribution in [3.05, 3.63) is 34.9 Å². The van der Waals surface area contributed by atoms with Gasteiger partial charge in [0.2, 0.25) is 21.8 Å². The Kier molecular flexibility index (Phi) is 9.52. The molecule has 13 nitrogen and oxygen atoms in total. The number of carbonyl (C=O) groups is 3. The van der Waals surface area contributed by atoms with Crippen molar-refractivity contribution in [2.45, 2.75) is 58.0 Å². The molecule has 204 valence electrons. The van der Waals surface area contributed by atoms with Crippen molar-refractivity contribution in [2.75, 3.05) is 7.05 Å². The summed E-state index contributed by atoms with van der Waals surface area (Å²) in [7, 11) is -3.13. The molecule has 0 bridgehead atoms. The second-order valence-electron chi connectivity index (χ2n) is 10.1. The molecule has 0 fully saturated rings. The second kappa shape index (κ2) is 11.8. The summed E-state index contributed by atoms with van der Waals surface area (Å²) in [5.74, 6) is -3.91. The Morgan fingerprint density at radius 2 is 1.76 bits per heavy atom. The Morgan fingerprint density at radius 3 is 2.30 bits per heavy atom. The first-order chi connectivity index (χ1) is 17.1. The van der Waals surface area contributed by atoms with Crippen molar-refractivity contribution < 1.29 is 28.0 Å². The Balaban J connectivity index is 2.56. The lowest BCUT2D eigenvalue weighted by atomic mass is 9.84. The Morgan fingerprint density at radius 1 is 1.11 bits per heavy atom. The maximum atomic E-state index is 13.5. The summed E-state index contributed by atoms with van der Waals surface area (Å²) < 4.78 is 29.0. The van der Waals surface area contributed by atoms with E-state index in [2.05, 4.69) is 25.3 Å². The van der Waals surface area contributed by atoms with E-state index in [4.69, 9.17) is 0 Å². The van der Waals surface area contributed by atoms with Gasteiger partial charge in [0.05, 0.1) is 23.1 Å². The fourth-order valence-corrected chi connectivity index (χ4v) is 5.29. The van der Waals surface area contributed by atoms with Crippen molar-refractivity contribution in [1.82, 2.24) is 30.8 Å². The van der Waals surface area contributed by atoms with E-state index < -0.39 is 61.6 Å². The van der Waals surface area contributed by atoms with Gasteiger partial charge in [-0.05, 0) is 29.9 Å². The van der Waals surface area contributed by atoms with E-state index in [1.54, 1.807) is 34.6 Å². The molecule has 0 aliphatic carbocycles. The van der Waals surface area contributed by atoms with E-state index in [0.29, 0.717) is 0 Å². The smallest absolute Gasteiger partial charge is 0.262 e. The zero-order valence-corrected chi connectivity index (χ0v) is 22.4. The molecule has 0 saturated heterocycles. The highest BCUT2D eigenvalue weighted by atomic mass is 32.2. The van der Waals surface area contributed by atoms with Crippen LogP contribution < -0.4 is 26.4 Å². The number of aromatic nitrogens is 2. The highest BCUT2D eigenvalue weighted by Crippen LogP contribution is 2.24. The third kappa shape index (κ3) is 7.11. The summed E-state index contributed by atoms with van der Waals surface area (Å²) in [6.07, 6.45) is 1.08. The SMILES string of the molecule is CNC(=O)[C@H](NC(=O)C(CC(C)C)[C@@H](NS(=O)(=O)c1cccc2c(=O)[nH]cnc12)C(=O)NO)C(C)(C)C. The highest BCUT2D eigenvalue weighted by molar-refractivity contribution is 7.89. The summed E-state index contributed by atoms with van der Waals surface area (Å²) in [4.78, 5) is 56.7. The van der Waals surface area contributed by atoms with Gasteiger partial charge in [-0.15, -0.1) is 0 Å². The minimum absolute atomic E-state index is 0.00334. The molecule has 37 heavy (non-hydrogen) atoms. The first-order valence-corrected chi connectivity index (χ1v) is 13.1. The summed E-state index contributed by atoms with van der Waals surface area (Å²) in [5, 5.41) is 14.5. The van der Waals surface area contributed by atoms with Crippen LogP contribution in [-0.2, 0) is 24.4 Å². The van der Waals surface area contributed by atoms with Gasteiger partial charge in [-0.2, -0.15) is 4.72 Å². The molecule has 0 aliphatic heterocycles. The molecule has 0 saturated carbocycles. The fourth-order valence-electron chi connectivity index (χ4n) is 3.88. The molecule has 1 unspecified atom stereocenters. The van der Waals surface area contributed by atoms with Crippen molar-refractivity contribution in [1.29, 1.82) is 0 Å². The number of para-hydroxylation sites is 1. The maximum absolute atomic E-state index is 13.5. The van der Waals surface area contributed by atoms with Gasteiger partial charge in [-0.25, -0.2) is 18.9 Å². The number of aromatic amines is 1. The number of sulfonamides is 1. The van der Waals surface area contributed by atoms with Crippen molar-refractivity contribution in [3.63, 3.8) is 0 Å². The molecule has 0 aliphatic rings. The number of hydrogen-bond donors (Lipinski definition) is 6. The Labute approximate surface area is 214 Å². The van der Waals surface area contributed by atoms with Crippen LogP contribution in [0.15, 0.2) is 34.2 Å². The molecule has 6 N–H and O–H groups in total. The molecule has 0 spiro atoms. The number of amides is 3. The number of likely N-dealkylation sites (N-methyl/N-ethyl adjacent to an activating group) is 1. The number of hydroxylamine groups is 1. The molecule has 3 amide bonds. The fraction of sp³-hybridized carbons (Fsp3) is 0.522. The molecule has 1 heterocycles. The van der Waals surface area contributed by atoms with Crippen LogP contribution in [-0.4, -0.2) is 60.4 Å². The zero-order chi connectivity index (χ0) is 28.1. The van der Waals surface area contributed by atoms with Gasteiger partial charge < -0.3 is 15.6 Å². The van der Waals surface area contributed by atoms with E-state index >= 15 is 0 Å². The van der Waals surface area contributed by atoms with Crippen LogP contribution in [0.3, 0.4) is 0 Å². The molecule has 14 heteroatoms. The second-order valence-corrected chi connectivity index (χ2v) is 11.8. The van der Waals surface area contributed by atoms with Gasteiger partial charge in [0.1, 0.15) is 17.0 Å². The Hall–Kier alpha value is -3.36. The zero-order valence-electron chi connectivity index (χ0n) is 21.6. The van der Waals surface area contributed by atoms with E-state index in [1.807, 2.05) is 0 Å². The summed E-state index contributed by atoms with van der Waals surface area (Å²) >= 11 is 0. The lowest BCUT2D eigenvalue weighted by Gasteiger charge is -2.33. The predicted molar refractivity (Wildman–Crippen MR) is 135 cm³/mol. The molecule has 2 rings (SSSR count). The molecular weight excluding hydrogens is 504 g/mol. The maximum Gasteiger partial charge on any atom is 0.262 e. The first-order valence-electron chi connectivity index (χ1n) is 11.6. The molecule has 2 aromatic rings. The number of carbonyl (C=O) groups excluding carboxylic acids is 3. The van der Waals surface area contributed by atoms with Crippen molar-refractivity contribution in [2.24, 2.45) is 17.3 Å². The Bertz CT molecular complexity index is 1320. The normalized spacial score (nSPS) is 14.6. The molecular formula is C23H34N6O7S. The largest absolute Gasteiger partial charge is 0.357 e. The number of benzene rings is 1. The summed E-state index contributed by atoms with van der Waals surface area (Å²) in [6.45, 7) is 8.74. The van der Waals surface area contributed by atoms with Gasteiger partial charge in [-0.3, -0.25) is 24.4 Å². The van der Waals surface area contributed by atoms with Gasteiger partial charge in [0, 0.05) is 7.05 Å². The van der Waals surface area contributed by atoms with Gasteiger partial charge in [-0.1, -0.05) is 40.7 Å². The molecule has 0 radical (unpaired) electrons. The average Bonchev–Trinajstić information content (AvgIpc) is 2.82. The van der Waals surface area contributed by atoms with E-state index in [-0.39, 0.29) is 23.2 Å². The predicted octanol–water partition coefficient (Wildman–Crippen LogP) is 0.0146. The summed E-state index contributed by atoms with van der Waals surface area (Å²) in [6, 6.07) is 1.16. The van der Waals surface area contributed by atoms with Gasteiger partial charge in [0.25, 0.3) is 11.5 Å². The number of fused-ring (bicyclic) bond motifs is 1.